The zero-order valence-corrected chi connectivity index (χ0v) is 11.3. The molecule has 0 saturated carbocycles. The van der Waals surface area contributed by atoms with Crippen molar-refractivity contribution in [2.45, 2.75) is 46.6 Å². The van der Waals surface area contributed by atoms with E-state index in [4.69, 9.17) is 5.73 Å². The number of anilines is 1. The maximum Gasteiger partial charge on any atom is 0.165 e. The fourth-order valence-corrected chi connectivity index (χ4v) is 2.29. The van der Waals surface area contributed by atoms with Crippen molar-refractivity contribution in [2.75, 3.05) is 5.73 Å². The second-order valence-corrected chi connectivity index (χ2v) is 5.53. The van der Waals surface area contributed by atoms with Gasteiger partial charge in [-0.25, -0.2) is 15.0 Å². The normalized spacial score (nSPS) is 12.2. The van der Waals surface area contributed by atoms with Gasteiger partial charge in [-0.2, -0.15) is 0 Å². The van der Waals surface area contributed by atoms with Crippen molar-refractivity contribution >= 4 is 17.0 Å². The van der Waals surface area contributed by atoms with Crippen LogP contribution in [0, 0.1) is 5.41 Å². The highest BCUT2D eigenvalue weighted by molar-refractivity contribution is 5.80. The fourth-order valence-electron chi connectivity index (χ4n) is 2.29. The van der Waals surface area contributed by atoms with Crippen LogP contribution in [0.25, 0.3) is 11.2 Å². The molecule has 5 heteroatoms. The molecule has 2 rings (SSSR count). The first-order valence-electron chi connectivity index (χ1n) is 6.45. The van der Waals surface area contributed by atoms with E-state index in [1.807, 2.05) is 0 Å². The molecule has 2 aromatic heterocycles. The van der Waals surface area contributed by atoms with Crippen molar-refractivity contribution in [3.05, 3.63) is 12.7 Å². The quantitative estimate of drug-likeness (QED) is 0.881. The Morgan fingerprint density at radius 3 is 2.72 bits per heavy atom. The number of aromatic nitrogens is 4. The van der Waals surface area contributed by atoms with Gasteiger partial charge in [-0.3, -0.25) is 0 Å². The molecule has 0 unspecified atom stereocenters. The first-order valence-corrected chi connectivity index (χ1v) is 6.45. The number of rotatable bonds is 5. The van der Waals surface area contributed by atoms with Crippen LogP contribution in [0.5, 0.6) is 0 Å². The first-order chi connectivity index (χ1) is 8.53. The molecule has 98 valence electrons. The molecule has 0 aromatic carbocycles. The van der Waals surface area contributed by atoms with Gasteiger partial charge in [0.2, 0.25) is 0 Å². The lowest BCUT2D eigenvalue weighted by atomic mass is 9.85. The Hall–Kier alpha value is -1.65. The zero-order chi connectivity index (χ0) is 13.2. The predicted octanol–water partition coefficient (Wildman–Crippen LogP) is 2.62. The van der Waals surface area contributed by atoms with Crippen molar-refractivity contribution in [1.82, 2.24) is 19.5 Å². The van der Waals surface area contributed by atoms with Crippen molar-refractivity contribution in [3.63, 3.8) is 0 Å². The van der Waals surface area contributed by atoms with E-state index in [9.17, 15) is 0 Å². The Morgan fingerprint density at radius 2 is 2.00 bits per heavy atom. The molecule has 18 heavy (non-hydrogen) atoms. The Bertz CT molecular complexity index is 529. The number of fused-ring (bicyclic) bond motifs is 1. The molecule has 0 saturated heterocycles. The van der Waals surface area contributed by atoms with Gasteiger partial charge in [0.25, 0.3) is 0 Å². The Balaban J connectivity index is 2.16. The summed E-state index contributed by atoms with van der Waals surface area (Å²) in [7, 11) is 0. The molecule has 0 radical (unpaired) electrons. The summed E-state index contributed by atoms with van der Waals surface area (Å²) in [5.74, 6) is 0.451. The molecule has 2 heterocycles. The van der Waals surface area contributed by atoms with Crippen LogP contribution in [0.15, 0.2) is 12.7 Å². The SMILES string of the molecule is CCCC(C)(C)CCn1cnc2c(N)ncnc21. The van der Waals surface area contributed by atoms with Crippen molar-refractivity contribution in [2.24, 2.45) is 5.41 Å². The summed E-state index contributed by atoms with van der Waals surface area (Å²) in [6, 6.07) is 0. The Morgan fingerprint density at radius 1 is 1.22 bits per heavy atom. The van der Waals surface area contributed by atoms with Crippen molar-refractivity contribution in [3.8, 4) is 0 Å². The van der Waals surface area contributed by atoms with E-state index in [0.29, 0.717) is 16.7 Å². The molecule has 0 fully saturated rings. The number of nitrogens with two attached hydrogens (primary N) is 1. The molecule has 0 atom stereocenters. The number of aryl methyl sites for hydroxylation is 1. The summed E-state index contributed by atoms with van der Waals surface area (Å²) in [5.41, 5.74) is 7.65. The summed E-state index contributed by atoms with van der Waals surface area (Å²) in [6.07, 6.45) is 6.85. The van der Waals surface area contributed by atoms with Gasteiger partial charge in [-0.1, -0.05) is 27.2 Å². The third kappa shape index (κ3) is 2.60. The van der Waals surface area contributed by atoms with Crippen LogP contribution in [-0.2, 0) is 6.54 Å². The molecule has 0 aliphatic rings. The molecule has 2 aromatic rings. The largest absolute Gasteiger partial charge is 0.382 e. The standard InChI is InChI=1S/C13H21N5/c1-4-5-13(2,3)6-7-18-9-17-10-11(14)15-8-16-12(10)18/h8-9H,4-7H2,1-3H3,(H2,14,15,16). The van der Waals surface area contributed by atoms with E-state index < -0.39 is 0 Å². The second kappa shape index (κ2) is 4.92. The van der Waals surface area contributed by atoms with Gasteiger partial charge in [0.1, 0.15) is 11.8 Å². The number of hydrogen-bond acceptors (Lipinski definition) is 4. The summed E-state index contributed by atoms with van der Waals surface area (Å²) in [6.45, 7) is 7.75. The molecule has 0 bridgehead atoms. The van der Waals surface area contributed by atoms with E-state index in [2.05, 4.69) is 40.3 Å². The predicted molar refractivity (Wildman–Crippen MR) is 73.0 cm³/mol. The van der Waals surface area contributed by atoms with E-state index in [0.717, 1.165) is 18.6 Å². The first kappa shape index (κ1) is 12.8. The minimum absolute atomic E-state index is 0.351. The van der Waals surface area contributed by atoms with E-state index in [1.165, 1.54) is 19.2 Å². The van der Waals surface area contributed by atoms with Crippen molar-refractivity contribution < 1.29 is 0 Å². The lowest BCUT2D eigenvalue weighted by molar-refractivity contribution is 0.287. The molecule has 0 spiro atoms. The third-order valence-corrected chi connectivity index (χ3v) is 3.39. The maximum atomic E-state index is 5.77. The van der Waals surface area contributed by atoms with Crippen LogP contribution >= 0.6 is 0 Å². The molecular formula is C13H21N5. The lowest BCUT2D eigenvalue weighted by Gasteiger charge is -2.23. The topological polar surface area (TPSA) is 69.6 Å². The fraction of sp³-hybridized carbons (Fsp3) is 0.615. The van der Waals surface area contributed by atoms with E-state index in [-0.39, 0.29) is 0 Å². The van der Waals surface area contributed by atoms with Crippen LogP contribution in [-0.4, -0.2) is 19.5 Å². The van der Waals surface area contributed by atoms with Crippen LogP contribution < -0.4 is 5.73 Å². The average molecular weight is 247 g/mol. The van der Waals surface area contributed by atoms with Gasteiger partial charge in [0.05, 0.1) is 6.33 Å². The van der Waals surface area contributed by atoms with E-state index >= 15 is 0 Å². The average Bonchev–Trinajstić information content (AvgIpc) is 2.71. The minimum Gasteiger partial charge on any atom is -0.382 e. The minimum atomic E-state index is 0.351. The molecule has 0 aliphatic heterocycles. The third-order valence-electron chi connectivity index (χ3n) is 3.39. The van der Waals surface area contributed by atoms with Crippen LogP contribution in [0.3, 0.4) is 0 Å². The molecule has 5 nitrogen and oxygen atoms in total. The van der Waals surface area contributed by atoms with Crippen LogP contribution in [0.1, 0.15) is 40.0 Å². The molecular weight excluding hydrogens is 226 g/mol. The number of imidazole rings is 1. The second-order valence-electron chi connectivity index (χ2n) is 5.53. The van der Waals surface area contributed by atoms with Gasteiger partial charge in [0, 0.05) is 6.54 Å². The van der Waals surface area contributed by atoms with Crippen molar-refractivity contribution in [1.29, 1.82) is 0 Å². The summed E-state index contributed by atoms with van der Waals surface area (Å²) in [5, 5.41) is 0. The summed E-state index contributed by atoms with van der Waals surface area (Å²) in [4.78, 5) is 12.5. The van der Waals surface area contributed by atoms with Crippen LogP contribution in [0.2, 0.25) is 0 Å². The highest BCUT2D eigenvalue weighted by atomic mass is 15.1. The number of nitrogen functional groups attached to an aromatic ring is 1. The summed E-state index contributed by atoms with van der Waals surface area (Å²) < 4.78 is 2.06. The van der Waals surface area contributed by atoms with Gasteiger partial charge in [0.15, 0.2) is 11.5 Å². The summed E-state index contributed by atoms with van der Waals surface area (Å²) >= 11 is 0. The molecule has 0 aliphatic carbocycles. The van der Waals surface area contributed by atoms with Gasteiger partial charge in [-0.15, -0.1) is 0 Å². The zero-order valence-electron chi connectivity index (χ0n) is 11.3. The van der Waals surface area contributed by atoms with Gasteiger partial charge in [-0.05, 0) is 18.3 Å². The highest BCUT2D eigenvalue weighted by Crippen LogP contribution is 2.27. The molecule has 2 N–H and O–H groups in total. The Labute approximate surface area is 107 Å². The van der Waals surface area contributed by atoms with E-state index in [1.54, 1.807) is 6.33 Å². The van der Waals surface area contributed by atoms with Crippen LogP contribution in [0.4, 0.5) is 5.82 Å². The number of nitrogens with zero attached hydrogens (tertiary/aromatic N) is 4. The molecule has 0 amide bonds. The van der Waals surface area contributed by atoms with Gasteiger partial charge < -0.3 is 10.3 Å². The monoisotopic (exact) mass is 247 g/mol. The highest BCUT2D eigenvalue weighted by Gasteiger charge is 2.17. The lowest BCUT2D eigenvalue weighted by Crippen LogP contribution is -2.14. The smallest absolute Gasteiger partial charge is 0.165 e. The number of hydrogen-bond donors (Lipinski definition) is 1. The van der Waals surface area contributed by atoms with Gasteiger partial charge >= 0.3 is 0 Å². The maximum absolute atomic E-state index is 5.77. The Kier molecular flexibility index (Phi) is 3.50.